The number of anilines is 1. The van der Waals surface area contributed by atoms with Crippen molar-refractivity contribution >= 4 is 21.6 Å². The van der Waals surface area contributed by atoms with Crippen molar-refractivity contribution in [1.82, 2.24) is 9.29 Å². The number of rotatable bonds is 7. The Bertz CT molecular complexity index is 1020. The van der Waals surface area contributed by atoms with E-state index in [9.17, 15) is 13.2 Å². The summed E-state index contributed by atoms with van der Waals surface area (Å²) in [4.78, 5) is 16.4. The molecule has 28 heavy (non-hydrogen) atoms. The maximum absolute atomic E-state index is 12.7. The third-order valence-corrected chi connectivity index (χ3v) is 6.19. The minimum atomic E-state index is -3.62. The van der Waals surface area contributed by atoms with Gasteiger partial charge in [0.05, 0.1) is 4.90 Å². The average Bonchev–Trinajstić information content (AvgIpc) is 2.73. The molecule has 0 aliphatic heterocycles. The molecule has 0 radical (unpaired) electrons. The van der Waals surface area contributed by atoms with Crippen LogP contribution in [0.3, 0.4) is 0 Å². The monoisotopic (exact) mass is 395 g/mol. The Morgan fingerprint density at radius 1 is 0.964 bits per heavy atom. The van der Waals surface area contributed by atoms with Crippen LogP contribution in [0, 0.1) is 0 Å². The lowest BCUT2D eigenvalue weighted by Gasteiger charge is -2.17. The summed E-state index contributed by atoms with van der Waals surface area (Å²) in [5.41, 5.74) is 2.09. The van der Waals surface area contributed by atoms with E-state index in [4.69, 9.17) is 0 Å². The number of hydrogen-bond donors (Lipinski definition) is 1. The number of nitrogens with zero attached hydrogens (tertiary/aromatic N) is 2. The van der Waals surface area contributed by atoms with Crippen molar-refractivity contribution in [3.63, 3.8) is 0 Å². The Hall–Kier alpha value is -3.03. The van der Waals surface area contributed by atoms with Gasteiger partial charge in [0, 0.05) is 37.2 Å². The first-order chi connectivity index (χ1) is 13.5. The standard InChI is InChI=1S/C21H21N3O3S/c1-24(16-13-17-11-14-22-15-12-17)28(26,27)20-9-7-18(8-10-20)21(25)23-19-5-3-2-4-6-19/h2-12,14-15H,13,16H2,1H3,(H,23,25). The summed E-state index contributed by atoms with van der Waals surface area (Å²) in [7, 11) is -2.08. The van der Waals surface area contributed by atoms with Gasteiger partial charge in [0.1, 0.15) is 0 Å². The van der Waals surface area contributed by atoms with Gasteiger partial charge in [-0.3, -0.25) is 9.78 Å². The van der Waals surface area contributed by atoms with Gasteiger partial charge in [-0.15, -0.1) is 0 Å². The third-order valence-electron chi connectivity index (χ3n) is 4.32. The number of amides is 1. The molecule has 1 aromatic heterocycles. The summed E-state index contributed by atoms with van der Waals surface area (Å²) >= 11 is 0. The number of benzene rings is 2. The Morgan fingerprint density at radius 2 is 1.61 bits per heavy atom. The lowest BCUT2D eigenvalue weighted by molar-refractivity contribution is 0.102. The Morgan fingerprint density at radius 3 is 2.25 bits per heavy atom. The minimum Gasteiger partial charge on any atom is -0.322 e. The zero-order chi connectivity index (χ0) is 20.0. The molecule has 0 aliphatic rings. The summed E-state index contributed by atoms with van der Waals surface area (Å²) in [6, 6.07) is 18.8. The fourth-order valence-corrected chi connectivity index (χ4v) is 3.81. The van der Waals surface area contributed by atoms with E-state index in [2.05, 4.69) is 10.3 Å². The molecule has 0 unspecified atom stereocenters. The number of likely N-dealkylation sites (N-methyl/N-ethyl adjacent to an activating group) is 1. The van der Waals surface area contributed by atoms with E-state index in [1.165, 1.54) is 28.6 Å². The van der Waals surface area contributed by atoms with Crippen molar-refractivity contribution in [2.24, 2.45) is 0 Å². The predicted octanol–water partition coefficient (Wildman–Crippen LogP) is 3.20. The molecule has 0 fully saturated rings. The highest BCUT2D eigenvalue weighted by atomic mass is 32.2. The lowest BCUT2D eigenvalue weighted by Crippen LogP contribution is -2.29. The van der Waals surface area contributed by atoms with Crippen LogP contribution in [-0.4, -0.2) is 37.2 Å². The van der Waals surface area contributed by atoms with E-state index in [0.29, 0.717) is 24.2 Å². The van der Waals surface area contributed by atoms with Crippen LogP contribution in [-0.2, 0) is 16.4 Å². The maximum Gasteiger partial charge on any atom is 0.255 e. The first kappa shape index (κ1) is 19.7. The molecule has 1 amide bonds. The van der Waals surface area contributed by atoms with Gasteiger partial charge in [0.2, 0.25) is 10.0 Å². The second-order valence-electron chi connectivity index (χ2n) is 6.28. The molecular weight excluding hydrogens is 374 g/mol. The molecule has 3 aromatic rings. The molecule has 1 N–H and O–H groups in total. The summed E-state index contributed by atoms with van der Waals surface area (Å²) in [6.45, 7) is 0.350. The van der Waals surface area contributed by atoms with Crippen molar-refractivity contribution < 1.29 is 13.2 Å². The van der Waals surface area contributed by atoms with Gasteiger partial charge in [0.25, 0.3) is 5.91 Å². The normalized spacial score (nSPS) is 11.4. The fraction of sp³-hybridized carbons (Fsp3) is 0.143. The lowest BCUT2D eigenvalue weighted by atomic mass is 10.2. The summed E-state index contributed by atoms with van der Waals surface area (Å²) in [6.07, 6.45) is 3.96. The SMILES string of the molecule is CN(CCc1ccncc1)S(=O)(=O)c1ccc(C(=O)Nc2ccccc2)cc1. The first-order valence-electron chi connectivity index (χ1n) is 8.78. The first-order valence-corrected chi connectivity index (χ1v) is 10.2. The third kappa shape index (κ3) is 4.82. The summed E-state index contributed by atoms with van der Waals surface area (Å²) in [5, 5.41) is 2.77. The van der Waals surface area contributed by atoms with Crippen molar-refractivity contribution in [2.45, 2.75) is 11.3 Å². The molecule has 144 valence electrons. The van der Waals surface area contributed by atoms with Crippen LogP contribution in [0.1, 0.15) is 15.9 Å². The second-order valence-corrected chi connectivity index (χ2v) is 8.32. The number of para-hydroxylation sites is 1. The summed E-state index contributed by atoms with van der Waals surface area (Å²) in [5.74, 6) is -0.291. The van der Waals surface area contributed by atoms with Crippen molar-refractivity contribution in [3.05, 3.63) is 90.3 Å². The van der Waals surface area contributed by atoms with Crippen LogP contribution in [0.4, 0.5) is 5.69 Å². The van der Waals surface area contributed by atoms with E-state index in [1.54, 1.807) is 31.6 Å². The molecule has 0 bridgehead atoms. The van der Waals surface area contributed by atoms with Gasteiger partial charge in [0.15, 0.2) is 0 Å². The molecule has 0 aliphatic carbocycles. The Labute approximate surface area is 164 Å². The molecule has 0 spiro atoms. The van der Waals surface area contributed by atoms with Crippen LogP contribution in [0.15, 0.2) is 84.0 Å². The number of carbonyl (C=O) groups excluding carboxylic acids is 1. The Balaban J connectivity index is 1.66. The smallest absolute Gasteiger partial charge is 0.255 e. The molecule has 0 atom stereocenters. The highest BCUT2D eigenvalue weighted by molar-refractivity contribution is 7.89. The molecular formula is C21H21N3O3S. The van der Waals surface area contributed by atoms with Crippen LogP contribution in [0.2, 0.25) is 0 Å². The molecule has 7 heteroatoms. The second kappa shape index (κ2) is 8.77. The van der Waals surface area contributed by atoms with Crippen LogP contribution in [0.5, 0.6) is 0 Å². The Kier molecular flexibility index (Phi) is 6.18. The number of carbonyl (C=O) groups is 1. The van der Waals surface area contributed by atoms with Gasteiger partial charge in [-0.2, -0.15) is 0 Å². The largest absolute Gasteiger partial charge is 0.322 e. The quantitative estimate of drug-likeness (QED) is 0.666. The van der Waals surface area contributed by atoms with Crippen LogP contribution < -0.4 is 5.32 Å². The predicted molar refractivity (Wildman–Crippen MR) is 109 cm³/mol. The molecule has 0 saturated carbocycles. The number of pyridine rings is 1. The molecule has 1 heterocycles. The van der Waals surface area contributed by atoms with E-state index < -0.39 is 10.0 Å². The van der Waals surface area contributed by atoms with Crippen molar-refractivity contribution in [3.8, 4) is 0 Å². The summed E-state index contributed by atoms with van der Waals surface area (Å²) < 4.78 is 26.8. The number of nitrogens with one attached hydrogen (secondary N) is 1. The fourth-order valence-electron chi connectivity index (χ4n) is 2.64. The number of hydrogen-bond acceptors (Lipinski definition) is 4. The van der Waals surface area contributed by atoms with E-state index in [0.717, 1.165) is 5.56 Å². The van der Waals surface area contributed by atoms with E-state index in [1.807, 2.05) is 30.3 Å². The van der Waals surface area contributed by atoms with Gasteiger partial charge < -0.3 is 5.32 Å². The van der Waals surface area contributed by atoms with E-state index >= 15 is 0 Å². The van der Waals surface area contributed by atoms with Crippen molar-refractivity contribution in [2.75, 3.05) is 18.9 Å². The van der Waals surface area contributed by atoms with E-state index in [-0.39, 0.29) is 10.8 Å². The van der Waals surface area contributed by atoms with Crippen LogP contribution in [0.25, 0.3) is 0 Å². The molecule has 0 saturated heterocycles. The van der Waals surface area contributed by atoms with Gasteiger partial charge in [-0.1, -0.05) is 18.2 Å². The number of aromatic nitrogens is 1. The zero-order valence-corrected chi connectivity index (χ0v) is 16.3. The minimum absolute atomic E-state index is 0.154. The topological polar surface area (TPSA) is 79.4 Å². The van der Waals surface area contributed by atoms with Crippen molar-refractivity contribution in [1.29, 1.82) is 0 Å². The highest BCUT2D eigenvalue weighted by Gasteiger charge is 2.21. The van der Waals surface area contributed by atoms with Gasteiger partial charge >= 0.3 is 0 Å². The molecule has 3 rings (SSSR count). The number of sulfonamides is 1. The maximum atomic E-state index is 12.7. The van der Waals surface area contributed by atoms with Gasteiger partial charge in [-0.25, -0.2) is 12.7 Å². The van der Waals surface area contributed by atoms with Crippen LogP contribution >= 0.6 is 0 Å². The zero-order valence-electron chi connectivity index (χ0n) is 15.4. The van der Waals surface area contributed by atoms with Gasteiger partial charge in [-0.05, 0) is 60.5 Å². The molecule has 6 nitrogen and oxygen atoms in total. The molecule has 2 aromatic carbocycles. The average molecular weight is 395 g/mol. The highest BCUT2D eigenvalue weighted by Crippen LogP contribution is 2.17.